The average molecular weight is 417 g/mol. The topological polar surface area (TPSA) is 73.1 Å². The second kappa shape index (κ2) is 8.08. The second-order valence-electron chi connectivity index (χ2n) is 6.97. The van der Waals surface area contributed by atoms with Crippen molar-refractivity contribution in [3.8, 4) is 11.5 Å². The van der Waals surface area contributed by atoms with Gasteiger partial charge in [0.2, 0.25) is 0 Å². The molecule has 1 heterocycles. The summed E-state index contributed by atoms with van der Waals surface area (Å²) in [6.07, 6.45) is 1.69. The number of nitrogens with zero attached hydrogens (tertiary/aromatic N) is 2. The number of carbonyl (C=O) groups excluding carboxylic acids is 1. The Bertz CT molecular complexity index is 1200. The number of thioether (sulfide) groups is 1. The molecule has 6 heteroatoms. The molecule has 0 radical (unpaired) electrons. The van der Waals surface area contributed by atoms with Crippen LogP contribution in [0.3, 0.4) is 0 Å². The Labute approximate surface area is 179 Å². The Hall–Kier alpha value is -3.51. The number of benzene rings is 3. The van der Waals surface area contributed by atoms with Crippen LogP contribution in [0.25, 0.3) is 6.08 Å². The summed E-state index contributed by atoms with van der Waals surface area (Å²) >= 11 is 1.28. The minimum atomic E-state index is -0.232. The van der Waals surface area contributed by atoms with E-state index in [2.05, 4.69) is 0 Å². The number of amidine groups is 1. The van der Waals surface area contributed by atoms with Crippen LogP contribution in [0, 0.1) is 13.8 Å². The summed E-state index contributed by atoms with van der Waals surface area (Å²) in [5.74, 6) is -0.621. The van der Waals surface area contributed by atoms with Gasteiger partial charge in [0.1, 0.15) is 0 Å². The number of aryl methyl sites for hydroxylation is 2. The lowest BCUT2D eigenvalue weighted by Crippen LogP contribution is -2.29. The first-order valence-electron chi connectivity index (χ1n) is 9.40. The van der Waals surface area contributed by atoms with Gasteiger partial charge >= 0.3 is 0 Å². The zero-order valence-corrected chi connectivity index (χ0v) is 17.4. The van der Waals surface area contributed by atoms with Crippen molar-refractivity contribution in [3.63, 3.8) is 0 Å². The van der Waals surface area contributed by atoms with Gasteiger partial charge in [-0.25, -0.2) is 4.99 Å². The minimum absolute atomic E-state index is 0.186. The second-order valence-corrected chi connectivity index (χ2v) is 7.98. The van der Waals surface area contributed by atoms with Crippen LogP contribution in [0.15, 0.2) is 76.6 Å². The van der Waals surface area contributed by atoms with Gasteiger partial charge in [0, 0.05) is 0 Å². The number of para-hydroxylation sites is 2. The number of anilines is 1. The first kappa shape index (κ1) is 19.8. The van der Waals surface area contributed by atoms with E-state index in [1.54, 1.807) is 17.0 Å². The quantitative estimate of drug-likeness (QED) is 0.435. The standard InChI is InChI=1S/C24H20N2O3S/c1-15-7-3-5-9-18(15)25-24-26(19-10-6-4-8-16(19)2)23(29)22(30-24)14-17-11-12-20(27)21(28)13-17/h3-14,27-28H,1-2H3. The number of carbonyl (C=O) groups is 1. The van der Waals surface area contributed by atoms with Crippen molar-refractivity contribution in [2.75, 3.05) is 4.90 Å². The molecule has 0 aliphatic carbocycles. The zero-order chi connectivity index (χ0) is 21.3. The average Bonchev–Trinajstić information content (AvgIpc) is 3.02. The van der Waals surface area contributed by atoms with Gasteiger partial charge in [-0.3, -0.25) is 9.69 Å². The molecule has 0 spiro atoms. The molecular formula is C24H20N2O3S. The van der Waals surface area contributed by atoms with Gasteiger partial charge in [0.25, 0.3) is 5.91 Å². The maximum atomic E-state index is 13.3. The van der Waals surface area contributed by atoms with Gasteiger partial charge in [0.05, 0.1) is 16.3 Å². The molecule has 3 aromatic carbocycles. The molecule has 1 aliphatic heterocycles. The fraction of sp³-hybridized carbons (Fsp3) is 0.0833. The molecule has 0 atom stereocenters. The molecule has 1 fully saturated rings. The molecule has 0 saturated carbocycles. The maximum Gasteiger partial charge on any atom is 0.271 e. The SMILES string of the molecule is Cc1ccccc1N=C1SC(=Cc2ccc(O)c(O)c2)C(=O)N1c1ccccc1C. The van der Waals surface area contributed by atoms with Crippen molar-refractivity contribution >= 4 is 40.3 Å². The molecule has 2 N–H and O–H groups in total. The Balaban J connectivity index is 1.82. The zero-order valence-electron chi connectivity index (χ0n) is 16.5. The molecule has 1 amide bonds. The van der Waals surface area contributed by atoms with E-state index in [0.29, 0.717) is 15.6 Å². The molecule has 30 heavy (non-hydrogen) atoms. The fourth-order valence-corrected chi connectivity index (χ4v) is 4.14. The van der Waals surface area contributed by atoms with E-state index in [1.807, 2.05) is 62.4 Å². The number of rotatable bonds is 3. The van der Waals surface area contributed by atoms with E-state index in [4.69, 9.17) is 4.99 Å². The predicted molar refractivity (Wildman–Crippen MR) is 122 cm³/mol. The molecule has 5 nitrogen and oxygen atoms in total. The van der Waals surface area contributed by atoms with E-state index in [1.165, 1.54) is 23.9 Å². The van der Waals surface area contributed by atoms with Crippen LogP contribution in [-0.4, -0.2) is 21.3 Å². The lowest BCUT2D eigenvalue weighted by atomic mass is 10.1. The van der Waals surface area contributed by atoms with Crippen molar-refractivity contribution in [2.45, 2.75) is 13.8 Å². The fourth-order valence-electron chi connectivity index (χ4n) is 3.15. The van der Waals surface area contributed by atoms with Crippen molar-refractivity contribution < 1.29 is 15.0 Å². The minimum Gasteiger partial charge on any atom is -0.504 e. The van der Waals surface area contributed by atoms with Gasteiger partial charge in [-0.1, -0.05) is 42.5 Å². The molecule has 0 bridgehead atoms. The lowest BCUT2D eigenvalue weighted by molar-refractivity contribution is -0.113. The van der Waals surface area contributed by atoms with Gasteiger partial charge in [0.15, 0.2) is 16.7 Å². The first-order valence-corrected chi connectivity index (χ1v) is 10.2. The molecule has 3 aromatic rings. The summed E-state index contributed by atoms with van der Waals surface area (Å²) in [6, 6.07) is 19.9. The van der Waals surface area contributed by atoms with Crippen LogP contribution in [0.1, 0.15) is 16.7 Å². The van der Waals surface area contributed by atoms with Crippen molar-refractivity contribution in [3.05, 3.63) is 88.3 Å². The lowest BCUT2D eigenvalue weighted by Gasteiger charge is -2.18. The van der Waals surface area contributed by atoms with Crippen molar-refractivity contribution in [1.82, 2.24) is 0 Å². The Morgan fingerprint density at radius 1 is 0.900 bits per heavy atom. The van der Waals surface area contributed by atoms with Gasteiger partial charge in [-0.05, 0) is 72.6 Å². The maximum absolute atomic E-state index is 13.3. The third kappa shape index (κ3) is 3.82. The molecule has 4 rings (SSSR count). The van der Waals surface area contributed by atoms with Gasteiger partial charge in [-0.2, -0.15) is 0 Å². The number of hydrogen-bond acceptors (Lipinski definition) is 5. The molecule has 150 valence electrons. The summed E-state index contributed by atoms with van der Waals surface area (Å²) in [5, 5.41) is 19.9. The molecular weight excluding hydrogens is 396 g/mol. The predicted octanol–water partition coefficient (Wildman–Crippen LogP) is 5.52. The van der Waals surface area contributed by atoms with E-state index >= 15 is 0 Å². The summed E-state index contributed by atoms with van der Waals surface area (Å²) in [6.45, 7) is 3.94. The van der Waals surface area contributed by atoms with E-state index < -0.39 is 0 Å². The third-order valence-electron chi connectivity index (χ3n) is 4.79. The molecule has 0 unspecified atom stereocenters. The van der Waals surface area contributed by atoms with Gasteiger partial charge < -0.3 is 10.2 Å². The van der Waals surface area contributed by atoms with E-state index in [-0.39, 0.29) is 17.4 Å². The number of phenolic OH excluding ortho intramolecular Hbond substituents is 2. The summed E-state index contributed by atoms with van der Waals surface area (Å²) in [7, 11) is 0. The van der Waals surface area contributed by atoms with Crippen molar-refractivity contribution in [2.24, 2.45) is 4.99 Å². The van der Waals surface area contributed by atoms with Crippen molar-refractivity contribution in [1.29, 1.82) is 0 Å². The van der Waals surface area contributed by atoms with Crippen LogP contribution in [-0.2, 0) is 4.79 Å². The van der Waals surface area contributed by atoms with Gasteiger partial charge in [-0.15, -0.1) is 0 Å². The number of amides is 1. The smallest absolute Gasteiger partial charge is 0.271 e. The highest BCUT2D eigenvalue weighted by Gasteiger charge is 2.35. The molecule has 0 aromatic heterocycles. The van der Waals surface area contributed by atoms with E-state index in [0.717, 1.165) is 22.5 Å². The Morgan fingerprint density at radius 2 is 1.60 bits per heavy atom. The van der Waals surface area contributed by atoms with Crippen LogP contribution in [0.4, 0.5) is 11.4 Å². The third-order valence-corrected chi connectivity index (χ3v) is 5.76. The normalized spacial score (nSPS) is 16.6. The highest BCUT2D eigenvalue weighted by atomic mass is 32.2. The highest BCUT2D eigenvalue weighted by Crippen LogP contribution is 2.39. The van der Waals surface area contributed by atoms with Crippen LogP contribution >= 0.6 is 11.8 Å². The first-order chi connectivity index (χ1) is 14.4. The highest BCUT2D eigenvalue weighted by molar-refractivity contribution is 8.19. The summed E-state index contributed by atoms with van der Waals surface area (Å²) in [5.41, 5.74) is 4.17. The Morgan fingerprint density at radius 3 is 2.30 bits per heavy atom. The van der Waals surface area contributed by atoms with Crippen LogP contribution in [0.5, 0.6) is 11.5 Å². The number of aromatic hydroxyl groups is 2. The number of phenols is 2. The van der Waals surface area contributed by atoms with Crippen LogP contribution in [0.2, 0.25) is 0 Å². The number of aliphatic imine (C=N–C) groups is 1. The monoisotopic (exact) mass is 416 g/mol. The number of hydrogen-bond donors (Lipinski definition) is 2. The molecule has 1 aliphatic rings. The van der Waals surface area contributed by atoms with E-state index in [9.17, 15) is 15.0 Å². The molecule has 1 saturated heterocycles. The summed E-state index contributed by atoms with van der Waals surface area (Å²) in [4.78, 5) is 20.2. The Kier molecular flexibility index (Phi) is 5.33. The largest absolute Gasteiger partial charge is 0.504 e. The van der Waals surface area contributed by atoms with Crippen LogP contribution < -0.4 is 4.90 Å². The summed E-state index contributed by atoms with van der Waals surface area (Å²) < 4.78 is 0.